The van der Waals surface area contributed by atoms with Gasteiger partial charge in [0, 0.05) is 29.4 Å². The molecule has 0 bridgehead atoms. The topological polar surface area (TPSA) is 49.4 Å². The summed E-state index contributed by atoms with van der Waals surface area (Å²) in [6, 6.07) is 11.9. The maximum atomic E-state index is 12.4. The fourth-order valence-electron chi connectivity index (χ4n) is 2.59. The number of nitrogens with one attached hydrogen (secondary N) is 1. The Kier molecular flexibility index (Phi) is 4.99. The van der Waals surface area contributed by atoms with Crippen molar-refractivity contribution >= 4 is 58.0 Å². The Hall–Kier alpha value is -1.75. The molecule has 0 unspecified atom stereocenters. The third kappa shape index (κ3) is 3.66. The monoisotopic (exact) mass is 382 g/mol. The van der Waals surface area contributed by atoms with E-state index in [9.17, 15) is 9.59 Å². The van der Waals surface area contributed by atoms with E-state index in [1.54, 1.807) is 47.4 Å². The summed E-state index contributed by atoms with van der Waals surface area (Å²) in [5.74, 6) is -0.774. The van der Waals surface area contributed by atoms with Gasteiger partial charge in [-0.3, -0.25) is 9.59 Å². The molecule has 2 aromatic carbocycles. The van der Waals surface area contributed by atoms with Crippen LogP contribution < -0.4 is 10.2 Å². The van der Waals surface area contributed by atoms with Gasteiger partial charge >= 0.3 is 0 Å². The van der Waals surface area contributed by atoms with E-state index in [1.165, 1.54) is 0 Å². The van der Waals surface area contributed by atoms with Crippen LogP contribution >= 0.6 is 34.8 Å². The summed E-state index contributed by atoms with van der Waals surface area (Å²) in [6.07, 6.45) is 0.152. The van der Waals surface area contributed by atoms with Crippen molar-refractivity contribution in [3.8, 4) is 0 Å². The maximum absolute atomic E-state index is 12.4. The van der Waals surface area contributed by atoms with E-state index in [0.717, 1.165) is 0 Å². The highest BCUT2D eigenvalue weighted by molar-refractivity contribution is 6.42. The summed E-state index contributed by atoms with van der Waals surface area (Å²) in [4.78, 5) is 26.2. The van der Waals surface area contributed by atoms with Gasteiger partial charge in [-0.15, -0.1) is 0 Å². The number of nitrogens with zero attached hydrogens (tertiary/aromatic N) is 1. The van der Waals surface area contributed by atoms with Crippen molar-refractivity contribution in [2.45, 2.75) is 6.42 Å². The van der Waals surface area contributed by atoms with Gasteiger partial charge in [-0.2, -0.15) is 0 Å². The van der Waals surface area contributed by atoms with E-state index in [1.807, 2.05) is 0 Å². The normalized spacial score (nSPS) is 17.2. The maximum Gasteiger partial charge on any atom is 0.229 e. The molecule has 1 aliphatic heterocycles. The van der Waals surface area contributed by atoms with Gasteiger partial charge in [0.05, 0.1) is 16.0 Å². The lowest BCUT2D eigenvalue weighted by Gasteiger charge is -2.17. The summed E-state index contributed by atoms with van der Waals surface area (Å²) in [6.45, 7) is 0.312. The molecule has 124 valence electrons. The number of hydrogen-bond donors (Lipinski definition) is 1. The van der Waals surface area contributed by atoms with Crippen LogP contribution in [0.4, 0.5) is 11.4 Å². The number of benzene rings is 2. The number of halogens is 3. The van der Waals surface area contributed by atoms with Crippen molar-refractivity contribution in [3.63, 3.8) is 0 Å². The molecule has 1 fully saturated rings. The zero-order chi connectivity index (χ0) is 17.3. The second-order valence-corrected chi connectivity index (χ2v) is 6.75. The molecule has 0 saturated carbocycles. The van der Waals surface area contributed by atoms with Crippen LogP contribution in [0.3, 0.4) is 0 Å². The highest BCUT2D eigenvalue weighted by Gasteiger charge is 2.35. The molecule has 0 radical (unpaired) electrons. The summed E-state index contributed by atoms with van der Waals surface area (Å²) in [7, 11) is 0. The third-order valence-electron chi connectivity index (χ3n) is 3.80. The van der Waals surface area contributed by atoms with Gasteiger partial charge in [0.2, 0.25) is 11.8 Å². The molecule has 1 N–H and O–H groups in total. The highest BCUT2D eigenvalue weighted by Crippen LogP contribution is 2.29. The molecule has 0 spiro atoms. The Morgan fingerprint density at radius 1 is 1.08 bits per heavy atom. The van der Waals surface area contributed by atoms with Crippen molar-refractivity contribution in [1.29, 1.82) is 0 Å². The Balaban J connectivity index is 1.70. The molecule has 2 aromatic rings. The second kappa shape index (κ2) is 7.01. The van der Waals surface area contributed by atoms with Crippen molar-refractivity contribution in [2.24, 2.45) is 5.92 Å². The minimum Gasteiger partial charge on any atom is -0.326 e. The number of rotatable bonds is 3. The molecule has 7 heteroatoms. The molecule has 1 heterocycles. The van der Waals surface area contributed by atoms with Crippen molar-refractivity contribution < 1.29 is 9.59 Å². The SMILES string of the molecule is O=C(Nc1ccc(Cl)c(Cl)c1)[C@@H]1CC(=O)N(c2cccc(Cl)c2)C1. The zero-order valence-corrected chi connectivity index (χ0v) is 14.7. The molecule has 1 aliphatic rings. The molecule has 0 aliphatic carbocycles. The molecule has 1 atom stereocenters. The van der Waals surface area contributed by atoms with E-state index in [4.69, 9.17) is 34.8 Å². The number of amides is 2. The second-order valence-electron chi connectivity index (χ2n) is 5.50. The van der Waals surface area contributed by atoms with Gasteiger partial charge in [-0.05, 0) is 36.4 Å². The predicted octanol–water partition coefficient (Wildman–Crippen LogP) is 4.64. The Morgan fingerprint density at radius 3 is 2.58 bits per heavy atom. The number of carbonyl (C=O) groups excluding carboxylic acids is 2. The van der Waals surface area contributed by atoms with Crippen LogP contribution in [0.5, 0.6) is 0 Å². The van der Waals surface area contributed by atoms with E-state index in [0.29, 0.717) is 33.0 Å². The minimum absolute atomic E-state index is 0.105. The number of hydrogen-bond acceptors (Lipinski definition) is 2. The smallest absolute Gasteiger partial charge is 0.229 e. The van der Waals surface area contributed by atoms with Crippen LogP contribution in [0.1, 0.15) is 6.42 Å². The Morgan fingerprint density at radius 2 is 1.88 bits per heavy atom. The van der Waals surface area contributed by atoms with E-state index in [2.05, 4.69) is 5.32 Å². The first-order valence-electron chi connectivity index (χ1n) is 7.26. The van der Waals surface area contributed by atoms with Gasteiger partial charge in [-0.1, -0.05) is 40.9 Å². The standard InChI is InChI=1S/C17H13Cl3N2O2/c18-11-2-1-3-13(7-11)22-9-10(6-16(22)23)17(24)21-12-4-5-14(19)15(20)8-12/h1-5,7-8,10H,6,9H2,(H,21,24)/t10-/m1/s1. The molecule has 1 saturated heterocycles. The molecule has 4 nitrogen and oxygen atoms in total. The predicted molar refractivity (Wildman–Crippen MR) is 97.0 cm³/mol. The van der Waals surface area contributed by atoms with Gasteiger partial charge in [0.1, 0.15) is 0 Å². The fraction of sp³-hybridized carbons (Fsp3) is 0.176. The van der Waals surface area contributed by atoms with Crippen LogP contribution in [0, 0.1) is 5.92 Å². The van der Waals surface area contributed by atoms with Crippen LogP contribution in [0.15, 0.2) is 42.5 Å². The molecular formula is C17H13Cl3N2O2. The van der Waals surface area contributed by atoms with Gasteiger partial charge in [0.15, 0.2) is 0 Å². The fourth-order valence-corrected chi connectivity index (χ4v) is 3.08. The summed E-state index contributed by atoms with van der Waals surface area (Å²) in [5, 5.41) is 4.09. The zero-order valence-electron chi connectivity index (χ0n) is 12.4. The van der Waals surface area contributed by atoms with Gasteiger partial charge in [-0.25, -0.2) is 0 Å². The van der Waals surface area contributed by atoms with E-state index < -0.39 is 5.92 Å². The molecule has 24 heavy (non-hydrogen) atoms. The first-order valence-corrected chi connectivity index (χ1v) is 8.39. The van der Waals surface area contributed by atoms with Crippen LogP contribution in [0.2, 0.25) is 15.1 Å². The van der Waals surface area contributed by atoms with Crippen molar-refractivity contribution in [2.75, 3.05) is 16.8 Å². The van der Waals surface area contributed by atoms with Crippen molar-refractivity contribution in [3.05, 3.63) is 57.5 Å². The number of carbonyl (C=O) groups is 2. The highest BCUT2D eigenvalue weighted by atomic mass is 35.5. The molecule has 3 rings (SSSR count). The Labute approximate surface area is 154 Å². The first kappa shape index (κ1) is 17.1. The molecule has 0 aromatic heterocycles. The largest absolute Gasteiger partial charge is 0.326 e. The average Bonchev–Trinajstić information content (AvgIpc) is 2.93. The van der Waals surface area contributed by atoms with Gasteiger partial charge < -0.3 is 10.2 Å². The van der Waals surface area contributed by atoms with Gasteiger partial charge in [0.25, 0.3) is 0 Å². The Bertz CT molecular complexity index is 810. The quantitative estimate of drug-likeness (QED) is 0.839. The number of anilines is 2. The third-order valence-corrected chi connectivity index (χ3v) is 4.78. The average molecular weight is 384 g/mol. The lowest BCUT2D eigenvalue weighted by atomic mass is 10.1. The molecular weight excluding hydrogens is 371 g/mol. The van der Waals surface area contributed by atoms with E-state index >= 15 is 0 Å². The van der Waals surface area contributed by atoms with Crippen LogP contribution in [-0.2, 0) is 9.59 Å². The first-order chi connectivity index (χ1) is 11.4. The summed E-state index contributed by atoms with van der Waals surface area (Å²) in [5.41, 5.74) is 1.24. The lowest BCUT2D eigenvalue weighted by Crippen LogP contribution is -2.28. The molecule has 2 amide bonds. The van der Waals surface area contributed by atoms with E-state index in [-0.39, 0.29) is 18.2 Å². The summed E-state index contributed by atoms with van der Waals surface area (Å²) >= 11 is 17.8. The lowest BCUT2D eigenvalue weighted by molar-refractivity contribution is -0.122. The van der Waals surface area contributed by atoms with Crippen LogP contribution in [-0.4, -0.2) is 18.4 Å². The van der Waals surface area contributed by atoms with Crippen LogP contribution in [0.25, 0.3) is 0 Å². The van der Waals surface area contributed by atoms with Crippen molar-refractivity contribution in [1.82, 2.24) is 0 Å². The minimum atomic E-state index is -0.439. The summed E-state index contributed by atoms with van der Waals surface area (Å²) < 4.78 is 0.